The Morgan fingerprint density at radius 1 is 1.43 bits per heavy atom. The van der Waals surface area contributed by atoms with Gasteiger partial charge in [-0.1, -0.05) is 0 Å². The molecule has 4 nitrogen and oxygen atoms in total. The lowest BCUT2D eigenvalue weighted by molar-refractivity contribution is -0.111. The zero-order chi connectivity index (χ0) is 14.7. The number of hydrogen-bond donors (Lipinski definition) is 1. The summed E-state index contributed by atoms with van der Waals surface area (Å²) in [6.07, 6.45) is 8.79. The van der Waals surface area contributed by atoms with E-state index in [1.54, 1.807) is 24.5 Å². The van der Waals surface area contributed by atoms with Gasteiger partial charge in [0, 0.05) is 11.0 Å². The van der Waals surface area contributed by atoms with Gasteiger partial charge in [0.05, 0.1) is 11.8 Å². The number of anilines is 1. The first-order chi connectivity index (χ1) is 10.3. The summed E-state index contributed by atoms with van der Waals surface area (Å²) >= 11 is 1.53. The van der Waals surface area contributed by atoms with Crippen molar-refractivity contribution >= 4 is 28.3 Å². The van der Waals surface area contributed by atoms with Crippen molar-refractivity contribution in [2.45, 2.75) is 25.7 Å². The van der Waals surface area contributed by atoms with E-state index < -0.39 is 0 Å². The number of carbonyl (C=O) groups excluding carboxylic acids is 1. The smallest absolute Gasteiger partial charge is 0.249 e. The Morgan fingerprint density at radius 2 is 2.29 bits per heavy atom. The molecular formula is C16H14N2O2S. The van der Waals surface area contributed by atoms with Crippen molar-refractivity contribution in [2.24, 2.45) is 0 Å². The van der Waals surface area contributed by atoms with E-state index in [9.17, 15) is 10.1 Å². The summed E-state index contributed by atoms with van der Waals surface area (Å²) < 4.78 is 5.13. The summed E-state index contributed by atoms with van der Waals surface area (Å²) in [7, 11) is 0. The van der Waals surface area contributed by atoms with E-state index in [1.807, 2.05) is 0 Å². The van der Waals surface area contributed by atoms with Crippen molar-refractivity contribution in [1.82, 2.24) is 0 Å². The van der Waals surface area contributed by atoms with E-state index in [2.05, 4.69) is 11.4 Å². The van der Waals surface area contributed by atoms with Gasteiger partial charge < -0.3 is 9.73 Å². The number of thiophene rings is 1. The third-order valence-corrected chi connectivity index (χ3v) is 4.67. The van der Waals surface area contributed by atoms with Gasteiger partial charge in [-0.2, -0.15) is 5.26 Å². The molecule has 1 aliphatic rings. The molecule has 0 radical (unpaired) electrons. The topological polar surface area (TPSA) is 66.0 Å². The van der Waals surface area contributed by atoms with Gasteiger partial charge >= 0.3 is 0 Å². The highest BCUT2D eigenvalue weighted by atomic mass is 32.1. The Labute approximate surface area is 126 Å². The van der Waals surface area contributed by atoms with Gasteiger partial charge in [0.2, 0.25) is 5.91 Å². The molecule has 0 atom stereocenters. The second-order valence-corrected chi connectivity index (χ2v) is 5.97. The quantitative estimate of drug-likeness (QED) is 0.878. The molecule has 2 aromatic rings. The largest absolute Gasteiger partial charge is 0.465 e. The molecule has 1 amide bonds. The van der Waals surface area contributed by atoms with E-state index in [-0.39, 0.29) is 5.91 Å². The Kier molecular flexibility index (Phi) is 3.89. The van der Waals surface area contributed by atoms with Crippen molar-refractivity contribution in [3.05, 3.63) is 46.2 Å². The highest BCUT2D eigenvalue weighted by molar-refractivity contribution is 7.16. The summed E-state index contributed by atoms with van der Waals surface area (Å²) in [6, 6.07) is 5.77. The number of furan rings is 1. The maximum atomic E-state index is 11.9. The number of aryl methyl sites for hydroxylation is 1. The number of nitrogens with zero attached hydrogens (tertiary/aromatic N) is 1. The third kappa shape index (κ3) is 2.91. The number of fused-ring (bicyclic) bond motifs is 1. The molecule has 0 saturated carbocycles. The third-order valence-electron chi connectivity index (χ3n) is 3.46. The minimum atomic E-state index is -0.249. The summed E-state index contributed by atoms with van der Waals surface area (Å²) in [5, 5.41) is 12.8. The van der Waals surface area contributed by atoms with Crippen LogP contribution in [0.4, 0.5) is 5.00 Å². The fourth-order valence-corrected chi connectivity index (χ4v) is 3.71. The van der Waals surface area contributed by atoms with Gasteiger partial charge in [0.15, 0.2) is 0 Å². The van der Waals surface area contributed by atoms with Gasteiger partial charge in [-0.15, -0.1) is 11.3 Å². The molecule has 1 aliphatic carbocycles. The molecule has 3 rings (SSSR count). The van der Waals surface area contributed by atoms with Crippen molar-refractivity contribution < 1.29 is 9.21 Å². The second-order valence-electron chi connectivity index (χ2n) is 4.86. The van der Waals surface area contributed by atoms with Crippen LogP contribution in [0.25, 0.3) is 6.08 Å². The van der Waals surface area contributed by atoms with Crippen LogP contribution >= 0.6 is 11.3 Å². The van der Waals surface area contributed by atoms with Crippen LogP contribution in [0.1, 0.15) is 34.6 Å². The van der Waals surface area contributed by atoms with E-state index in [0.29, 0.717) is 16.3 Å². The second kappa shape index (κ2) is 5.98. The van der Waals surface area contributed by atoms with Crippen LogP contribution in [0.2, 0.25) is 0 Å². The SMILES string of the molecule is N#Cc1c(NC(=O)/C=C/c2ccco2)sc2c1CCCC2. The van der Waals surface area contributed by atoms with Crippen molar-refractivity contribution in [3.63, 3.8) is 0 Å². The molecule has 2 heterocycles. The highest BCUT2D eigenvalue weighted by Gasteiger charge is 2.21. The maximum Gasteiger partial charge on any atom is 0.249 e. The summed E-state index contributed by atoms with van der Waals surface area (Å²) in [5.74, 6) is 0.373. The zero-order valence-corrected chi connectivity index (χ0v) is 12.2. The normalized spacial score (nSPS) is 13.9. The molecule has 0 unspecified atom stereocenters. The number of carbonyl (C=O) groups is 1. The molecule has 0 aromatic carbocycles. The standard InChI is InChI=1S/C16H14N2O2S/c17-10-13-12-5-1-2-6-14(12)21-16(13)18-15(19)8-7-11-4-3-9-20-11/h3-4,7-9H,1-2,5-6H2,(H,18,19)/b8-7+. The number of hydrogen-bond acceptors (Lipinski definition) is 4. The summed E-state index contributed by atoms with van der Waals surface area (Å²) in [6.45, 7) is 0. The molecule has 106 valence electrons. The Morgan fingerprint density at radius 3 is 3.05 bits per heavy atom. The minimum absolute atomic E-state index is 0.249. The lowest BCUT2D eigenvalue weighted by Crippen LogP contribution is -2.07. The predicted molar refractivity (Wildman–Crippen MR) is 82.0 cm³/mol. The molecule has 5 heteroatoms. The van der Waals surface area contributed by atoms with Crippen LogP contribution in [-0.4, -0.2) is 5.91 Å². The molecule has 0 saturated heterocycles. The first kappa shape index (κ1) is 13.7. The van der Waals surface area contributed by atoms with E-state index in [0.717, 1.165) is 31.2 Å². The fourth-order valence-electron chi connectivity index (χ4n) is 2.47. The fraction of sp³-hybridized carbons (Fsp3) is 0.250. The molecule has 1 N–H and O–H groups in total. The average Bonchev–Trinajstić information content (AvgIpc) is 3.12. The summed E-state index contributed by atoms with van der Waals surface area (Å²) in [4.78, 5) is 13.2. The lowest BCUT2D eigenvalue weighted by atomic mass is 9.96. The highest BCUT2D eigenvalue weighted by Crippen LogP contribution is 2.37. The van der Waals surface area contributed by atoms with Crippen molar-refractivity contribution in [1.29, 1.82) is 5.26 Å². The van der Waals surface area contributed by atoms with Crippen LogP contribution < -0.4 is 5.32 Å². The van der Waals surface area contributed by atoms with E-state index in [4.69, 9.17) is 4.42 Å². The van der Waals surface area contributed by atoms with Gasteiger partial charge in [0.1, 0.15) is 16.8 Å². The van der Waals surface area contributed by atoms with Crippen LogP contribution in [0, 0.1) is 11.3 Å². The predicted octanol–water partition coefficient (Wildman–Crippen LogP) is 3.74. The van der Waals surface area contributed by atoms with Crippen molar-refractivity contribution in [3.8, 4) is 6.07 Å². The average molecular weight is 298 g/mol. The van der Waals surface area contributed by atoms with Gasteiger partial charge in [0.25, 0.3) is 0 Å². The Bertz CT molecular complexity index is 720. The maximum absolute atomic E-state index is 11.9. The van der Waals surface area contributed by atoms with Gasteiger partial charge in [-0.3, -0.25) is 4.79 Å². The van der Waals surface area contributed by atoms with Gasteiger partial charge in [-0.05, 0) is 49.5 Å². The summed E-state index contributed by atoms with van der Waals surface area (Å²) in [5.41, 5.74) is 1.76. The first-order valence-corrected chi connectivity index (χ1v) is 7.67. The number of nitrogens with one attached hydrogen (secondary N) is 1. The molecular weight excluding hydrogens is 284 g/mol. The van der Waals surface area contributed by atoms with E-state index >= 15 is 0 Å². The number of rotatable bonds is 3. The van der Waals surface area contributed by atoms with Crippen LogP contribution in [0.15, 0.2) is 28.9 Å². The van der Waals surface area contributed by atoms with Crippen LogP contribution in [-0.2, 0) is 17.6 Å². The first-order valence-electron chi connectivity index (χ1n) is 6.85. The van der Waals surface area contributed by atoms with Gasteiger partial charge in [-0.25, -0.2) is 0 Å². The molecule has 21 heavy (non-hydrogen) atoms. The van der Waals surface area contributed by atoms with Crippen LogP contribution in [0.3, 0.4) is 0 Å². The Hall–Kier alpha value is -2.32. The van der Waals surface area contributed by atoms with Crippen LogP contribution in [0.5, 0.6) is 0 Å². The van der Waals surface area contributed by atoms with Crippen molar-refractivity contribution in [2.75, 3.05) is 5.32 Å². The molecule has 2 aromatic heterocycles. The zero-order valence-electron chi connectivity index (χ0n) is 11.4. The van der Waals surface area contributed by atoms with E-state index in [1.165, 1.54) is 22.3 Å². The molecule has 0 aliphatic heterocycles. The molecule has 0 fully saturated rings. The monoisotopic (exact) mass is 298 g/mol. The minimum Gasteiger partial charge on any atom is -0.465 e. The number of amides is 1. The number of nitriles is 1. The Balaban J connectivity index is 1.77. The molecule has 0 bridgehead atoms. The lowest BCUT2D eigenvalue weighted by Gasteiger charge is -2.09. The molecule has 0 spiro atoms.